The molecule has 0 bridgehead atoms. The van der Waals surface area contributed by atoms with E-state index in [4.69, 9.17) is 4.55 Å². The lowest BCUT2D eigenvalue weighted by molar-refractivity contribution is -0.245. The average Bonchev–Trinajstić information content (AvgIpc) is 3.04. The molecule has 4 aliphatic rings. The van der Waals surface area contributed by atoms with Gasteiger partial charge in [-0.05, 0) is 97.3 Å². The predicted octanol–water partition coefficient (Wildman–Crippen LogP) is 10.4. The maximum atomic E-state index is 16.1. The molecule has 1 aromatic rings. The summed E-state index contributed by atoms with van der Waals surface area (Å²) in [5.41, 5.74) is 1.26. The third-order valence-electron chi connectivity index (χ3n) is 11.2. The average molecular weight is 701 g/mol. The zero-order valence-electron chi connectivity index (χ0n) is 26.2. The molecule has 0 unspecified atom stereocenters. The first-order chi connectivity index (χ1) is 21.5. The van der Waals surface area contributed by atoms with Gasteiger partial charge in [-0.3, -0.25) is 4.55 Å². The van der Waals surface area contributed by atoms with Gasteiger partial charge < -0.3 is 0 Å². The number of rotatable bonds is 9. The molecule has 1 aromatic carbocycles. The van der Waals surface area contributed by atoms with Gasteiger partial charge in [-0.15, -0.1) is 0 Å². The highest BCUT2D eigenvalue weighted by atomic mass is 32.2. The van der Waals surface area contributed by atoms with Crippen molar-refractivity contribution in [3.05, 3.63) is 28.3 Å². The normalized spacial score (nSPS) is 23.1. The van der Waals surface area contributed by atoms with E-state index in [-0.39, 0.29) is 23.0 Å². The number of sulfone groups is 1. The summed E-state index contributed by atoms with van der Waals surface area (Å²) in [6.07, 6.45) is 14.0. The van der Waals surface area contributed by atoms with Gasteiger partial charge in [0.05, 0.1) is 4.90 Å². The van der Waals surface area contributed by atoms with E-state index in [9.17, 15) is 25.6 Å². The highest BCUT2D eigenvalue weighted by Crippen LogP contribution is 2.57. The van der Waals surface area contributed by atoms with E-state index in [1.54, 1.807) is 0 Å². The smallest absolute Gasteiger partial charge is 0.281 e. The van der Waals surface area contributed by atoms with Crippen LogP contribution in [0.15, 0.2) is 11.0 Å². The Morgan fingerprint density at radius 3 is 1.11 bits per heavy atom. The van der Waals surface area contributed by atoms with Crippen molar-refractivity contribution in [3.8, 4) is 0 Å². The first kappa shape index (κ1) is 36.0. The standard InChI is InChI=1S/C33H46F6O5S2/c34-31(35,33(38,39)46(42,43)44)32(36,37)45(40,41)30-28(24-17-9-3-10-18-24)26(22-13-5-1-6-14-22)21-27(23-15-7-2-8-16-23)29(30)25-19-11-4-12-20-25/h21-25H,1-20H2,(H,42,43,44). The lowest BCUT2D eigenvalue weighted by Crippen LogP contribution is -2.60. The van der Waals surface area contributed by atoms with Crippen LogP contribution in [0.2, 0.25) is 0 Å². The van der Waals surface area contributed by atoms with Crippen molar-refractivity contribution in [1.82, 2.24) is 0 Å². The van der Waals surface area contributed by atoms with Gasteiger partial charge in [0.2, 0.25) is 0 Å². The minimum absolute atomic E-state index is 0.0670. The Bertz CT molecular complexity index is 1400. The van der Waals surface area contributed by atoms with Crippen LogP contribution < -0.4 is 0 Å². The molecule has 262 valence electrons. The fraction of sp³-hybridized carbons (Fsp3) is 0.818. The molecule has 0 heterocycles. The van der Waals surface area contributed by atoms with Crippen molar-refractivity contribution in [3.63, 3.8) is 0 Å². The summed E-state index contributed by atoms with van der Waals surface area (Å²) >= 11 is 0. The van der Waals surface area contributed by atoms with E-state index in [0.717, 1.165) is 51.4 Å². The van der Waals surface area contributed by atoms with Crippen molar-refractivity contribution in [2.45, 2.75) is 173 Å². The van der Waals surface area contributed by atoms with Crippen molar-refractivity contribution in [1.29, 1.82) is 0 Å². The number of alkyl halides is 6. The maximum Gasteiger partial charge on any atom is 0.439 e. The van der Waals surface area contributed by atoms with Crippen LogP contribution >= 0.6 is 0 Å². The third-order valence-corrected chi connectivity index (χ3v) is 14.0. The van der Waals surface area contributed by atoms with Gasteiger partial charge in [0.25, 0.3) is 9.84 Å². The van der Waals surface area contributed by atoms with Crippen LogP contribution in [0.25, 0.3) is 0 Å². The molecular weight excluding hydrogens is 654 g/mol. The van der Waals surface area contributed by atoms with Crippen LogP contribution in [-0.2, 0) is 20.0 Å². The summed E-state index contributed by atoms with van der Waals surface area (Å²) in [6.45, 7) is 0. The lowest BCUT2D eigenvalue weighted by atomic mass is 9.70. The Hall–Kier alpha value is -1.34. The minimum Gasteiger partial charge on any atom is -0.281 e. The molecule has 5 rings (SSSR count). The molecule has 4 fully saturated rings. The van der Waals surface area contributed by atoms with Crippen molar-refractivity contribution in [2.75, 3.05) is 0 Å². The quantitative estimate of drug-likeness (QED) is 0.205. The van der Waals surface area contributed by atoms with Crippen LogP contribution in [-0.4, -0.2) is 37.8 Å². The largest absolute Gasteiger partial charge is 0.439 e. The second-order valence-corrected chi connectivity index (χ2v) is 17.5. The highest BCUT2D eigenvalue weighted by Gasteiger charge is 2.82. The minimum atomic E-state index is -7.13. The van der Waals surface area contributed by atoms with E-state index in [1.807, 2.05) is 6.07 Å². The van der Waals surface area contributed by atoms with E-state index in [1.165, 1.54) is 0 Å². The molecule has 0 radical (unpaired) electrons. The molecule has 0 atom stereocenters. The molecule has 0 spiro atoms. The Labute approximate surface area is 269 Å². The number of halogens is 6. The fourth-order valence-corrected chi connectivity index (χ4v) is 11.2. The zero-order chi connectivity index (χ0) is 33.5. The van der Waals surface area contributed by atoms with Gasteiger partial charge in [-0.2, -0.15) is 34.8 Å². The van der Waals surface area contributed by atoms with Crippen LogP contribution in [0.1, 0.15) is 174 Å². The summed E-state index contributed by atoms with van der Waals surface area (Å²) in [6, 6.07) is 1.99. The number of benzene rings is 1. The number of hydrogen-bond donors (Lipinski definition) is 1. The summed E-state index contributed by atoms with van der Waals surface area (Å²) in [5, 5.41) is -13.3. The van der Waals surface area contributed by atoms with Crippen molar-refractivity contribution >= 4 is 20.0 Å². The van der Waals surface area contributed by atoms with Gasteiger partial charge in [0, 0.05) is 0 Å². The first-order valence-corrected chi connectivity index (χ1v) is 20.0. The van der Waals surface area contributed by atoms with E-state index in [0.29, 0.717) is 88.2 Å². The molecule has 0 amide bonds. The topological polar surface area (TPSA) is 88.5 Å². The monoisotopic (exact) mass is 700 g/mol. The molecule has 13 heteroatoms. The fourth-order valence-electron chi connectivity index (χ4n) is 8.78. The maximum absolute atomic E-state index is 16.1. The molecule has 4 saturated carbocycles. The second kappa shape index (κ2) is 13.5. The van der Waals surface area contributed by atoms with Crippen molar-refractivity contribution < 1.29 is 47.7 Å². The molecule has 5 nitrogen and oxygen atoms in total. The van der Waals surface area contributed by atoms with Crippen LogP contribution in [0.5, 0.6) is 0 Å². The Morgan fingerprint density at radius 1 is 0.500 bits per heavy atom. The number of hydrogen-bond acceptors (Lipinski definition) is 4. The van der Waals surface area contributed by atoms with E-state index < -0.39 is 53.1 Å². The van der Waals surface area contributed by atoms with Crippen LogP contribution in [0.4, 0.5) is 26.3 Å². The van der Waals surface area contributed by atoms with Gasteiger partial charge in [-0.1, -0.05) is 83.1 Å². The van der Waals surface area contributed by atoms with Gasteiger partial charge >= 0.3 is 26.5 Å². The second-order valence-electron chi connectivity index (χ2n) is 14.1. The van der Waals surface area contributed by atoms with E-state index in [2.05, 4.69) is 0 Å². The molecule has 1 N–H and O–H groups in total. The molecule has 0 aliphatic heterocycles. The summed E-state index contributed by atoms with van der Waals surface area (Å²) in [4.78, 5) is -0.953. The summed E-state index contributed by atoms with van der Waals surface area (Å²) in [5.74, 6) is -8.47. The molecule has 46 heavy (non-hydrogen) atoms. The third kappa shape index (κ3) is 6.27. The Morgan fingerprint density at radius 2 is 0.804 bits per heavy atom. The molecule has 0 aromatic heterocycles. The molecular formula is C33H46F6O5S2. The Kier molecular flexibility index (Phi) is 10.6. The predicted molar refractivity (Wildman–Crippen MR) is 163 cm³/mol. The highest BCUT2D eigenvalue weighted by molar-refractivity contribution is 7.92. The SMILES string of the molecule is O=S(=O)(O)C(F)(F)C(F)(F)C(F)(F)S(=O)(=O)c1c(C2CCCCC2)c(C2CCCCC2)cc(C2CCCCC2)c1C1CCCCC1. The van der Waals surface area contributed by atoms with Gasteiger partial charge in [0.1, 0.15) is 0 Å². The zero-order valence-corrected chi connectivity index (χ0v) is 27.8. The first-order valence-electron chi connectivity index (χ1n) is 17.1. The van der Waals surface area contributed by atoms with Gasteiger partial charge in [0.15, 0.2) is 0 Å². The van der Waals surface area contributed by atoms with Crippen LogP contribution in [0, 0.1) is 0 Å². The summed E-state index contributed by atoms with van der Waals surface area (Å²) < 4.78 is 153. The van der Waals surface area contributed by atoms with Crippen LogP contribution in [0.3, 0.4) is 0 Å². The summed E-state index contributed by atoms with van der Waals surface area (Å²) in [7, 11) is -13.8. The lowest BCUT2D eigenvalue weighted by Gasteiger charge is -2.39. The molecule has 0 saturated heterocycles. The Balaban J connectivity index is 1.89. The van der Waals surface area contributed by atoms with Crippen molar-refractivity contribution in [2.24, 2.45) is 0 Å². The molecule has 4 aliphatic carbocycles. The van der Waals surface area contributed by atoms with E-state index >= 15 is 17.6 Å². The van der Waals surface area contributed by atoms with Gasteiger partial charge in [-0.25, -0.2) is 8.42 Å².